The Kier molecular flexibility index (Phi) is 31.8. The number of carbonyl (C=O) groups excluding carboxylic acids is 6. The molecule has 12 aromatic heterocycles. The summed E-state index contributed by atoms with van der Waals surface area (Å²) in [4.78, 5) is 175. The molecule has 1 atom stereocenters. The first-order valence-electron chi connectivity index (χ1n) is 47.8. The molecule has 0 radical (unpaired) electrons. The first-order chi connectivity index (χ1) is 70.5. The maximum atomic E-state index is 13.5. The van der Waals surface area contributed by atoms with E-state index in [2.05, 4.69) is 113 Å². The number of piperidine rings is 1. The Morgan fingerprint density at radius 3 is 1.46 bits per heavy atom. The topological polar surface area (TPSA) is 481 Å². The number of H-pyrrole nitrogens is 4. The number of urea groups is 1. The largest absolute Gasteiger partial charge is 0.497 e. The minimum atomic E-state index is -0.621. The van der Waals surface area contributed by atoms with Crippen molar-refractivity contribution in [3.8, 4) is 95.7 Å². The van der Waals surface area contributed by atoms with Gasteiger partial charge in [0.05, 0.1) is 100 Å². The van der Waals surface area contributed by atoms with Crippen molar-refractivity contribution in [1.82, 2.24) is 108 Å². The number of likely N-dealkylation sites (tertiary alicyclic amines) is 1. The van der Waals surface area contributed by atoms with Crippen LogP contribution in [-0.4, -0.2) is 232 Å². The van der Waals surface area contributed by atoms with Crippen molar-refractivity contribution in [3.63, 3.8) is 0 Å². The molecular formula is C106H112N26O14. The number of benzene rings is 5. The number of anilines is 4. The lowest BCUT2D eigenvalue weighted by atomic mass is 9.99. The predicted octanol–water partition coefficient (Wildman–Crippen LogP) is 16.5. The molecule has 0 aliphatic carbocycles. The SMILES string of the molecule is CCNC(=O)Nc1nc2c(-c3ccccn3)cc(-c3cc(C)n(C(C)c4cccc(OC)c4)c(=O)c3)cc2[nH]1.CCOC(=O)Nc1nc2c(-c3ccc(C(=O)N4CCN(C)CC4)cn3)cc(-c3ccn(C)c(=O)c3)cc2[nH]1.CCOC(=O)Nc1nc2c(-c3ccc(OC4CCN(C)CC4)cn3)cc(-c3ccn(C)c(=O)c3)cc2[nH]1.CCOC(=O)Nc1nc2c(-c3ncccn3)cc(-n3cnc(C(=O)CC(C)C)c3)cc2[nH]1. The number of pyridine rings is 6. The lowest BCUT2D eigenvalue weighted by Crippen LogP contribution is -2.47. The number of piperazine rings is 1. The lowest BCUT2D eigenvalue weighted by molar-refractivity contribution is 0.0663. The molecule has 6 amide bonds. The van der Waals surface area contributed by atoms with Gasteiger partial charge in [-0.3, -0.25) is 60.2 Å². The molecule has 14 heterocycles. The standard InChI is InChI=1S/C30H30N6O3.C27H29N7O4.C27H30N6O4.C22H23N7O3/c1-5-31-30(38)35-29-33-26-16-22(15-24(28(26)34-29)25-11-6-7-12-32-25)21-13-18(2)36(27(37)17-21)19(3)20-9-8-10-23(14-20)39-4;1-4-38-27(37)31-26-29-22-14-19(17-7-8-33(3)23(35)15-17)13-20(24(22)30-26)21-6-5-18(16-28-21)25(36)34-11-9-32(2)10-12-34;1-4-36-27(35)31-26-29-23-14-18(17-7-12-33(3)24(34)15-17)13-21(25(23)30-26)22-6-5-20(16-28-22)37-19-8-10-32(2)11-9-19;1-4-32-22(31)28-21-26-16-10-14(29-11-17(25-12-29)18(30)8-13(2)3)9-15(19(16)27-21)20-23-6-5-7-24-20/h6-17,19H,5H2,1-4H3,(H3,31,33,34,35,38);5-8,13-16H,4,9-12H2,1-3H3,(H2,29,30,31,37);5-7,12-16,19H,4,8-11H2,1-3H3,(H2,29,30,31,35);5-7,9-13H,4,8H2,1-3H3,(H2,26,27,28,31). The number of hydrogen-bond acceptors (Lipinski definition) is 26. The van der Waals surface area contributed by atoms with Crippen molar-refractivity contribution in [2.24, 2.45) is 20.0 Å². The van der Waals surface area contributed by atoms with Gasteiger partial charge in [-0.15, -0.1) is 0 Å². The Balaban J connectivity index is 0.000000140. The number of likely N-dealkylation sites (N-methyl/N-ethyl adjacent to an activating group) is 1. The van der Waals surface area contributed by atoms with Crippen LogP contribution in [0.15, 0.2) is 228 Å². The summed E-state index contributed by atoms with van der Waals surface area (Å²) >= 11 is 0. The molecular weight excluding hydrogens is 1860 g/mol. The summed E-state index contributed by atoms with van der Waals surface area (Å²) < 4.78 is 33.0. The monoisotopic (exact) mass is 1970 g/mol. The smallest absolute Gasteiger partial charge is 0.413 e. The van der Waals surface area contributed by atoms with Crippen LogP contribution in [0.2, 0.25) is 0 Å². The van der Waals surface area contributed by atoms with Gasteiger partial charge in [0.2, 0.25) is 23.8 Å². The molecule has 9 N–H and O–H groups in total. The highest BCUT2D eigenvalue weighted by Crippen LogP contribution is 2.39. The fourth-order valence-electron chi connectivity index (χ4n) is 16.9. The summed E-state index contributed by atoms with van der Waals surface area (Å²) in [6.45, 7) is 21.2. The molecule has 1 unspecified atom stereocenters. The van der Waals surface area contributed by atoms with E-state index in [1.807, 2.05) is 168 Å². The van der Waals surface area contributed by atoms with Crippen LogP contribution >= 0.6 is 0 Å². The maximum Gasteiger partial charge on any atom is 0.413 e. The zero-order valence-electron chi connectivity index (χ0n) is 82.9. The number of ketones is 1. The van der Waals surface area contributed by atoms with E-state index in [4.69, 9.17) is 23.7 Å². The van der Waals surface area contributed by atoms with E-state index in [9.17, 15) is 43.2 Å². The van der Waals surface area contributed by atoms with Crippen LogP contribution in [0.3, 0.4) is 0 Å². The Morgan fingerprint density at radius 1 is 0.466 bits per heavy atom. The van der Waals surface area contributed by atoms with Crippen LogP contribution < -0.4 is 52.7 Å². The highest BCUT2D eigenvalue weighted by Gasteiger charge is 2.27. The molecule has 0 spiro atoms. The third-order valence-corrected chi connectivity index (χ3v) is 24.4. The zero-order valence-corrected chi connectivity index (χ0v) is 82.9. The van der Waals surface area contributed by atoms with Crippen LogP contribution in [0.4, 0.5) is 43.0 Å². The minimum Gasteiger partial charge on any atom is -0.497 e. The fraction of sp³-hybridized carbons (Fsp3) is 0.274. The van der Waals surface area contributed by atoms with Crippen molar-refractivity contribution in [2.45, 2.75) is 86.8 Å². The van der Waals surface area contributed by atoms with Gasteiger partial charge in [-0.2, -0.15) is 0 Å². The van der Waals surface area contributed by atoms with E-state index in [0.29, 0.717) is 116 Å². The third-order valence-electron chi connectivity index (χ3n) is 24.4. The summed E-state index contributed by atoms with van der Waals surface area (Å²) in [5.41, 5.74) is 17.9. The second-order valence-corrected chi connectivity index (χ2v) is 35.3. The molecule has 0 saturated carbocycles. The summed E-state index contributed by atoms with van der Waals surface area (Å²) in [6.07, 6.45) is 15.8. The van der Waals surface area contributed by atoms with Crippen LogP contribution in [0.1, 0.15) is 106 Å². The maximum absolute atomic E-state index is 13.5. The molecule has 146 heavy (non-hydrogen) atoms. The van der Waals surface area contributed by atoms with E-state index in [-0.39, 0.29) is 90.1 Å². The number of hydrogen-bond donors (Lipinski definition) is 9. The van der Waals surface area contributed by atoms with Gasteiger partial charge in [0, 0.05) is 162 Å². The van der Waals surface area contributed by atoms with E-state index in [1.54, 1.807) is 143 Å². The molecule has 2 fully saturated rings. The van der Waals surface area contributed by atoms with Gasteiger partial charge in [0.15, 0.2) is 11.6 Å². The number of imidazole rings is 5. The van der Waals surface area contributed by atoms with Gasteiger partial charge < -0.3 is 81.9 Å². The van der Waals surface area contributed by atoms with Gasteiger partial charge in [0.1, 0.15) is 35.1 Å². The van der Waals surface area contributed by atoms with Crippen molar-refractivity contribution >= 4 is 104 Å². The number of fused-ring (bicyclic) bond motifs is 4. The molecule has 5 aromatic carbocycles. The van der Waals surface area contributed by atoms with Gasteiger partial charge >= 0.3 is 24.3 Å². The van der Waals surface area contributed by atoms with Gasteiger partial charge in [0.25, 0.3) is 22.6 Å². The number of nitrogens with one attached hydrogen (secondary N) is 9. The number of ether oxygens (including phenoxy) is 5. The Bertz CT molecular complexity index is 7810. The van der Waals surface area contributed by atoms with Gasteiger partial charge in [-0.25, -0.2) is 54.1 Å². The first-order valence-corrected chi connectivity index (χ1v) is 47.8. The van der Waals surface area contributed by atoms with E-state index in [1.165, 1.54) is 9.13 Å². The molecule has 0 bridgehead atoms. The summed E-state index contributed by atoms with van der Waals surface area (Å²) in [5, 5.41) is 13.2. The summed E-state index contributed by atoms with van der Waals surface area (Å²) in [7, 11) is 9.20. The van der Waals surface area contributed by atoms with Crippen LogP contribution in [0.25, 0.3) is 128 Å². The lowest BCUT2D eigenvalue weighted by Gasteiger charge is -2.32. The third kappa shape index (κ3) is 24.4. The molecule has 2 aliphatic heterocycles. The molecule has 750 valence electrons. The van der Waals surface area contributed by atoms with Gasteiger partial charge in [-0.05, 0) is 235 Å². The number of methoxy groups -OCH3 is 1. The number of aromatic amines is 4. The van der Waals surface area contributed by atoms with E-state index >= 15 is 0 Å². The number of amides is 6. The molecule has 19 rings (SSSR count). The first kappa shape index (κ1) is 101. The van der Waals surface area contributed by atoms with Crippen molar-refractivity contribution in [3.05, 3.63) is 267 Å². The molecule has 40 nitrogen and oxygen atoms in total. The van der Waals surface area contributed by atoms with E-state index < -0.39 is 18.3 Å². The molecule has 17 aromatic rings. The average Bonchev–Trinajstić information content (AvgIpc) is 1.60. The van der Waals surface area contributed by atoms with Crippen molar-refractivity contribution in [1.29, 1.82) is 0 Å². The predicted molar refractivity (Wildman–Crippen MR) is 558 cm³/mol. The number of aryl methyl sites for hydroxylation is 3. The number of Topliss-reactive ketones (excluding diaryl/α,β-unsaturated/α-hetero) is 1. The van der Waals surface area contributed by atoms with Crippen LogP contribution in [-0.2, 0) is 28.3 Å². The quantitative estimate of drug-likeness (QED) is 0.0189. The Labute approximate surface area is 837 Å². The number of nitrogens with zero attached hydrogens (tertiary/aromatic N) is 17. The van der Waals surface area contributed by atoms with E-state index in [0.717, 1.165) is 118 Å². The molecule has 2 aliphatic rings. The highest BCUT2D eigenvalue weighted by atomic mass is 16.6. The molecule has 40 heteroatoms. The zero-order chi connectivity index (χ0) is 103. The fourth-order valence-corrected chi connectivity index (χ4v) is 16.9. The van der Waals surface area contributed by atoms with Crippen LogP contribution in [0, 0.1) is 12.8 Å². The number of rotatable bonds is 25. The number of carbonyl (C=O) groups is 6. The van der Waals surface area contributed by atoms with Gasteiger partial charge in [-0.1, -0.05) is 32.0 Å². The second kappa shape index (κ2) is 45.9. The Hall–Kier alpha value is -17.7. The average molecular weight is 1970 g/mol. The van der Waals surface area contributed by atoms with Crippen LogP contribution in [0.5, 0.6) is 11.5 Å². The van der Waals surface area contributed by atoms with Crippen molar-refractivity contribution < 1.29 is 52.5 Å². The molecule has 2 saturated heterocycles. The highest BCUT2D eigenvalue weighted by molar-refractivity contribution is 6.03. The normalized spacial score (nSPS) is 12.9. The number of aromatic nitrogens is 18. The minimum absolute atomic E-state index is 0.00564. The summed E-state index contributed by atoms with van der Waals surface area (Å²) in [5.74, 6) is 3.20. The van der Waals surface area contributed by atoms with Crippen molar-refractivity contribution in [2.75, 3.05) is 108 Å². The second-order valence-electron chi connectivity index (χ2n) is 35.3. The summed E-state index contributed by atoms with van der Waals surface area (Å²) in [6, 6.07) is 47.8. The Morgan fingerprint density at radius 2 is 0.966 bits per heavy atom.